The van der Waals surface area contributed by atoms with Crippen LogP contribution in [-0.4, -0.2) is 22.0 Å². The van der Waals surface area contributed by atoms with Gasteiger partial charge in [0.05, 0.1) is 17.0 Å². The third-order valence-electron chi connectivity index (χ3n) is 5.72. The molecule has 0 unspecified atom stereocenters. The number of nitrogens with zero attached hydrogens (tertiary/aromatic N) is 1. The Morgan fingerprint density at radius 2 is 1.66 bits per heavy atom. The lowest BCUT2D eigenvalue weighted by molar-refractivity contribution is -0.123. The van der Waals surface area contributed by atoms with Crippen LogP contribution in [0.5, 0.6) is 5.75 Å². The molecule has 0 radical (unpaired) electrons. The van der Waals surface area contributed by atoms with Gasteiger partial charge in [-0.2, -0.15) is 0 Å². The number of imide groups is 1. The van der Waals surface area contributed by atoms with Crippen LogP contribution >= 0.6 is 11.8 Å². The van der Waals surface area contributed by atoms with Crippen molar-refractivity contribution in [2.45, 2.75) is 13.5 Å². The molecule has 2 amide bonds. The number of ether oxygens (including phenoxy) is 1. The van der Waals surface area contributed by atoms with Gasteiger partial charge in [0.2, 0.25) is 0 Å². The summed E-state index contributed by atoms with van der Waals surface area (Å²) >= 11 is 0.928. The second-order valence-electron chi connectivity index (χ2n) is 8.23. The highest BCUT2D eigenvalue weighted by atomic mass is 32.2. The van der Waals surface area contributed by atoms with E-state index < -0.39 is 5.97 Å². The van der Waals surface area contributed by atoms with Crippen molar-refractivity contribution in [3.05, 3.63) is 118 Å². The number of benzene rings is 4. The van der Waals surface area contributed by atoms with Crippen LogP contribution in [0, 0.1) is 6.92 Å². The second-order valence-corrected chi connectivity index (χ2v) is 9.23. The zero-order valence-corrected chi connectivity index (χ0v) is 19.7. The Morgan fingerprint density at radius 1 is 0.914 bits per heavy atom. The van der Waals surface area contributed by atoms with Crippen molar-refractivity contribution in [3.8, 4) is 5.75 Å². The molecule has 5 rings (SSSR count). The molecule has 1 heterocycles. The molecule has 1 fully saturated rings. The van der Waals surface area contributed by atoms with Crippen LogP contribution < -0.4 is 4.74 Å². The van der Waals surface area contributed by atoms with Gasteiger partial charge in [-0.1, -0.05) is 72.3 Å². The molecular weight excluding hydrogens is 458 g/mol. The Labute approximate surface area is 207 Å². The molecule has 1 saturated heterocycles. The van der Waals surface area contributed by atoms with Crippen molar-refractivity contribution < 1.29 is 19.1 Å². The lowest BCUT2D eigenvalue weighted by atomic mass is 10.0. The Morgan fingerprint density at radius 3 is 2.46 bits per heavy atom. The van der Waals surface area contributed by atoms with E-state index in [-0.39, 0.29) is 17.7 Å². The Hall–Kier alpha value is -4.16. The molecule has 1 aliphatic rings. The van der Waals surface area contributed by atoms with Crippen LogP contribution in [0.4, 0.5) is 4.79 Å². The van der Waals surface area contributed by atoms with Gasteiger partial charge in [0.1, 0.15) is 5.75 Å². The van der Waals surface area contributed by atoms with Gasteiger partial charge in [0, 0.05) is 0 Å². The molecule has 0 atom stereocenters. The maximum Gasteiger partial charge on any atom is 0.343 e. The highest BCUT2D eigenvalue weighted by Gasteiger charge is 2.35. The summed E-state index contributed by atoms with van der Waals surface area (Å²) in [6.07, 6.45) is 1.68. The summed E-state index contributed by atoms with van der Waals surface area (Å²) in [7, 11) is 0. The summed E-state index contributed by atoms with van der Waals surface area (Å²) in [4.78, 5) is 39.6. The van der Waals surface area contributed by atoms with Crippen molar-refractivity contribution in [2.75, 3.05) is 0 Å². The van der Waals surface area contributed by atoms with Gasteiger partial charge < -0.3 is 4.74 Å². The second kappa shape index (κ2) is 9.60. The molecule has 0 aromatic heterocycles. The Bertz CT molecular complexity index is 1490. The molecule has 6 heteroatoms. The van der Waals surface area contributed by atoms with E-state index in [1.807, 2.05) is 61.5 Å². The first-order chi connectivity index (χ1) is 17.0. The van der Waals surface area contributed by atoms with E-state index in [1.165, 1.54) is 4.90 Å². The third kappa shape index (κ3) is 4.88. The van der Waals surface area contributed by atoms with Crippen LogP contribution in [-0.2, 0) is 11.3 Å². The number of amides is 2. The number of thioether (sulfide) groups is 1. The van der Waals surface area contributed by atoms with Crippen LogP contribution in [0.1, 0.15) is 27.0 Å². The first kappa shape index (κ1) is 22.6. The average Bonchev–Trinajstić information content (AvgIpc) is 3.12. The maximum absolute atomic E-state index is 13.0. The van der Waals surface area contributed by atoms with Crippen LogP contribution in [0.3, 0.4) is 0 Å². The molecule has 0 aliphatic carbocycles. The van der Waals surface area contributed by atoms with E-state index in [0.717, 1.165) is 39.2 Å². The third-order valence-corrected chi connectivity index (χ3v) is 6.63. The highest BCUT2D eigenvalue weighted by Crippen LogP contribution is 2.34. The first-order valence-corrected chi connectivity index (χ1v) is 11.9. The number of hydrogen-bond acceptors (Lipinski definition) is 5. The summed E-state index contributed by atoms with van der Waals surface area (Å²) in [5.74, 6) is -0.350. The minimum Gasteiger partial charge on any atom is -0.423 e. The molecule has 4 aromatic carbocycles. The molecule has 1 aliphatic heterocycles. The van der Waals surface area contributed by atoms with Crippen molar-refractivity contribution in [1.82, 2.24) is 4.90 Å². The van der Waals surface area contributed by atoms with Gasteiger partial charge in [-0.15, -0.1) is 0 Å². The monoisotopic (exact) mass is 479 g/mol. The van der Waals surface area contributed by atoms with Gasteiger partial charge >= 0.3 is 5.97 Å². The Balaban J connectivity index is 1.30. The quantitative estimate of drug-likeness (QED) is 0.183. The van der Waals surface area contributed by atoms with E-state index in [0.29, 0.717) is 16.2 Å². The predicted octanol–water partition coefficient (Wildman–Crippen LogP) is 6.60. The molecule has 5 nitrogen and oxygen atoms in total. The van der Waals surface area contributed by atoms with Gasteiger partial charge in [-0.25, -0.2) is 4.79 Å². The average molecular weight is 480 g/mol. The molecule has 172 valence electrons. The molecule has 4 aromatic rings. The smallest absolute Gasteiger partial charge is 0.343 e. The maximum atomic E-state index is 13.0. The minimum atomic E-state index is -0.434. The predicted molar refractivity (Wildman–Crippen MR) is 138 cm³/mol. The van der Waals surface area contributed by atoms with E-state index >= 15 is 0 Å². The molecule has 0 saturated carbocycles. The zero-order chi connectivity index (χ0) is 24.4. The van der Waals surface area contributed by atoms with E-state index in [4.69, 9.17) is 4.74 Å². The number of aryl methyl sites for hydroxylation is 1. The largest absolute Gasteiger partial charge is 0.423 e. The SMILES string of the molecule is Cc1cccc(C(=O)Oc2ccc(/C=C3\SC(=O)N(Cc4cccc5ccccc45)C3=O)cc2)c1. The zero-order valence-electron chi connectivity index (χ0n) is 18.9. The van der Waals surface area contributed by atoms with Gasteiger partial charge in [0.15, 0.2) is 0 Å². The van der Waals surface area contributed by atoms with Crippen molar-refractivity contribution in [1.29, 1.82) is 0 Å². The fraction of sp³-hybridized carbons (Fsp3) is 0.0690. The number of carbonyl (C=O) groups excluding carboxylic acids is 3. The van der Waals surface area contributed by atoms with Crippen LogP contribution in [0.15, 0.2) is 95.9 Å². The van der Waals surface area contributed by atoms with Crippen molar-refractivity contribution in [3.63, 3.8) is 0 Å². The number of hydrogen-bond donors (Lipinski definition) is 0. The minimum absolute atomic E-state index is 0.219. The Kier molecular flexibility index (Phi) is 6.21. The molecular formula is C29H21NO4S. The van der Waals surface area contributed by atoms with Crippen LogP contribution in [0.2, 0.25) is 0 Å². The van der Waals surface area contributed by atoms with E-state index in [1.54, 1.807) is 42.5 Å². The molecule has 0 bridgehead atoms. The summed E-state index contributed by atoms with van der Waals surface area (Å²) in [5, 5.41) is 1.79. The van der Waals surface area contributed by atoms with Crippen LogP contribution in [0.25, 0.3) is 16.8 Å². The van der Waals surface area contributed by atoms with Gasteiger partial charge in [0.25, 0.3) is 11.1 Å². The van der Waals surface area contributed by atoms with Gasteiger partial charge in [-0.05, 0) is 70.9 Å². The highest BCUT2D eigenvalue weighted by molar-refractivity contribution is 8.18. The summed E-state index contributed by atoms with van der Waals surface area (Å²) in [6, 6.07) is 27.8. The van der Waals surface area contributed by atoms with E-state index in [2.05, 4.69) is 0 Å². The number of fused-ring (bicyclic) bond motifs is 1. The fourth-order valence-electron chi connectivity index (χ4n) is 3.96. The van der Waals surface area contributed by atoms with Crippen molar-refractivity contribution >= 4 is 45.7 Å². The first-order valence-electron chi connectivity index (χ1n) is 11.1. The fourth-order valence-corrected chi connectivity index (χ4v) is 4.80. The lowest BCUT2D eigenvalue weighted by Gasteiger charge is -2.14. The number of esters is 1. The standard InChI is InChI=1S/C29H21NO4S/c1-19-6-4-9-22(16-19)28(32)34-24-14-12-20(13-15-24)17-26-27(31)30(29(33)35-26)18-23-10-5-8-21-7-2-3-11-25(21)23/h2-17H,18H2,1H3/b26-17-. The van der Waals surface area contributed by atoms with Crippen molar-refractivity contribution in [2.24, 2.45) is 0 Å². The normalized spacial score (nSPS) is 14.7. The number of carbonyl (C=O) groups is 3. The summed E-state index contributed by atoms with van der Waals surface area (Å²) < 4.78 is 5.44. The topological polar surface area (TPSA) is 63.7 Å². The molecule has 0 N–H and O–H groups in total. The summed E-state index contributed by atoms with van der Waals surface area (Å²) in [6.45, 7) is 2.13. The lowest BCUT2D eigenvalue weighted by Crippen LogP contribution is -2.27. The number of rotatable bonds is 5. The van der Waals surface area contributed by atoms with E-state index in [9.17, 15) is 14.4 Å². The van der Waals surface area contributed by atoms with Gasteiger partial charge in [-0.3, -0.25) is 14.5 Å². The summed E-state index contributed by atoms with van der Waals surface area (Å²) in [5.41, 5.74) is 3.11. The molecule has 35 heavy (non-hydrogen) atoms. The molecule has 0 spiro atoms.